The fourth-order valence-corrected chi connectivity index (χ4v) is 10.7. The molecular weight excluding hydrogens is 797 g/mol. The first-order valence-electron chi connectivity index (χ1n) is 23.9. The third-order valence-corrected chi connectivity index (χ3v) is 13.9. The molecule has 0 atom stereocenters. The molecular formula is C54H58N6O4. The molecule has 0 saturated carbocycles. The maximum Gasteiger partial charge on any atom is 0.263 e. The lowest BCUT2D eigenvalue weighted by Crippen LogP contribution is -2.48. The van der Waals surface area contributed by atoms with E-state index >= 15 is 0 Å². The normalized spacial score (nSPS) is 13.6. The van der Waals surface area contributed by atoms with E-state index in [0.29, 0.717) is 58.0 Å². The van der Waals surface area contributed by atoms with Gasteiger partial charge >= 0.3 is 0 Å². The van der Waals surface area contributed by atoms with E-state index in [2.05, 4.69) is 52.0 Å². The van der Waals surface area contributed by atoms with Crippen LogP contribution in [0.1, 0.15) is 220 Å². The van der Waals surface area contributed by atoms with Crippen molar-refractivity contribution in [3.63, 3.8) is 0 Å². The summed E-state index contributed by atoms with van der Waals surface area (Å²) in [4.78, 5) is 62.5. The van der Waals surface area contributed by atoms with E-state index in [1.54, 1.807) is 24.3 Å². The van der Waals surface area contributed by atoms with Crippen molar-refractivity contribution in [2.24, 2.45) is 0 Å². The fraction of sp³-hybridized carbons (Fsp3) is 0.481. The minimum absolute atomic E-state index is 0.0236. The minimum atomic E-state index is -0.570. The SMILES string of the molecule is CCCCCCC(CCCCCC)N1C(=O)c2c(C#N)cc3c4cc(C#N)c5c6c(c(C#N)cc(c7cc(C#N)c(c2c37)C1=O)c64)C(=O)N(C(CCCCCC)CCCCCC)C5=O. The van der Waals surface area contributed by atoms with Crippen molar-refractivity contribution in [2.75, 3.05) is 0 Å². The first-order valence-corrected chi connectivity index (χ1v) is 23.9. The van der Waals surface area contributed by atoms with Crippen LogP contribution in [0.2, 0.25) is 0 Å². The highest BCUT2D eigenvalue weighted by Gasteiger charge is 2.44. The third-order valence-electron chi connectivity index (χ3n) is 13.9. The average molecular weight is 855 g/mol. The molecule has 0 bridgehead atoms. The van der Waals surface area contributed by atoms with Crippen LogP contribution in [-0.2, 0) is 0 Å². The van der Waals surface area contributed by atoms with E-state index < -0.39 is 35.7 Å². The molecule has 10 nitrogen and oxygen atoms in total. The van der Waals surface area contributed by atoms with Crippen LogP contribution in [0.5, 0.6) is 0 Å². The Morgan fingerprint density at radius 3 is 0.812 bits per heavy atom. The molecule has 0 unspecified atom stereocenters. The molecule has 0 aliphatic carbocycles. The number of rotatable bonds is 22. The van der Waals surface area contributed by atoms with Crippen LogP contribution < -0.4 is 0 Å². The second-order valence-corrected chi connectivity index (χ2v) is 18.0. The Bertz CT molecular complexity index is 2470. The van der Waals surface area contributed by atoms with Gasteiger partial charge in [-0.15, -0.1) is 0 Å². The van der Waals surface area contributed by atoms with Crippen molar-refractivity contribution < 1.29 is 19.2 Å². The van der Waals surface area contributed by atoms with Crippen molar-refractivity contribution >= 4 is 66.7 Å². The zero-order valence-electron chi connectivity index (χ0n) is 37.9. The Labute approximate surface area is 376 Å². The Morgan fingerprint density at radius 2 is 0.609 bits per heavy atom. The van der Waals surface area contributed by atoms with Gasteiger partial charge in [0.1, 0.15) is 24.3 Å². The molecule has 5 aromatic carbocycles. The van der Waals surface area contributed by atoms with Crippen molar-refractivity contribution in [2.45, 2.75) is 168 Å². The molecule has 0 spiro atoms. The average Bonchev–Trinajstić information content (AvgIpc) is 3.30. The van der Waals surface area contributed by atoms with Crippen molar-refractivity contribution in [3.8, 4) is 24.3 Å². The van der Waals surface area contributed by atoms with Crippen LogP contribution in [0.4, 0.5) is 0 Å². The van der Waals surface area contributed by atoms with Crippen molar-refractivity contribution in [3.05, 3.63) is 68.8 Å². The Kier molecular flexibility index (Phi) is 14.3. The molecule has 0 N–H and O–H groups in total. The molecule has 0 saturated heterocycles. The summed E-state index contributed by atoms with van der Waals surface area (Å²) in [6, 6.07) is 14.6. The topological polar surface area (TPSA) is 170 Å². The van der Waals surface area contributed by atoms with Crippen molar-refractivity contribution in [1.29, 1.82) is 21.0 Å². The van der Waals surface area contributed by atoms with Gasteiger partial charge in [-0.25, -0.2) is 0 Å². The Morgan fingerprint density at radius 1 is 0.375 bits per heavy atom. The summed E-state index contributed by atoms with van der Waals surface area (Å²) in [6.07, 6.45) is 17.9. The quantitative estimate of drug-likeness (QED) is 0.0286. The summed E-state index contributed by atoms with van der Waals surface area (Å²) in [5, 5.41) is 46.4. The summed E-state index contributed by atoms with van der Waals surface area (Å²) in [5.41, 5.74) is 0.321. The minimum Gasteiger partial charge on any atom is -0.271 e. The van der Waals surface area contributed by atoms with Gasteiger partial charge in [0.05, 0.1) is 44.5 Å². The molecule has 2 aliphatic heterocycles. The van der Waals surface area contributed by atoms with Gasteiger partial charge in [-0.05, 0) is 82.3 Å². The number of fused-ring (bicyclic) bond motifs is 2. The molecule has 328 valence electrons. The lowest BCUT2D eigenvalue weighted by atomic mass is 9.77. The maximum atomic E-state index is 15.0. The van der Waals surface area contributed by atoms with Crippen LogP contribution in [0.25, 0.3) is 43.1 Å². The first kappa shape index (κ1) is 45.7. The highest BCUT2D eigenvalue weighted by molar-refractivity contribution is 6.42. The number of benzene rings is 5. The van der Waals surface area contributed by atoms with Crippen LogP contribution >= 0.6 is 0 Å². The number of nitriles is 4. The van der Waals surface area contributed by atoms with E-state index in [-0.39, 0.29) is 55.3 Å². The summed E-state index contributed by atoms with van der Waals surface area (Å²) in [6.45, 7) is 8.52. The molecule has 64 heavy (non-hydrogen) atoms. The fourth-order valence-electron chi connectivity index (χ4n) is 10.7. The lowest BCUT2D eigenvalue weighted by Gasteiger charge is -2.36. The highest BCUT2D eigenvalue weighted by atomic mass is 16.2. The number of hydrogen-bond acceptors (Lipinski definition) is 8. The smallest absolute Gasteiger partial charge is 0.263 e. The van der Waals surface area contributed by atoms with E-state index in [0.717, 1.165) is 103 Å². The Hall–Kier alpha value is -6.36. The van der Waals surface area contributed by atoms with Gasteiger partial charge in [0, 0.05) is 22.9 Å². The highest BCUT2D eigenvalue weighted by Crippen LogP contribution is 2.50. The second kappa shape index (κ2) is 20.0. The van der Waals surface area contributed by atoms with Gasteiger partial charge in [-0.3, -0.25) is 29.0 Å². The molecule has 0 aromatic heterocycles. The zero-order chi connectivity index (χ0) is 45.7. The summed E-state index contributed by atoms with van der Waals surface area (Å²) in [7, 11) is 0. The number of unbranched alkanes of at least 4 members (excludes halogenated alkanes) is 12. The monoisotopic (exact) mass is 854 g/mol. The number of imide groups is 2. The standard InChI is InChI=1S/C54H58N6O4/c1-5-9-13-17-21-37(22-18-14-10-6-2)59-51(61)43-33(29-55)25-39-41-27-35(31-57)45-50-46(54(64)60(53(45)63)38(23-19-15-11-7-3)24-20-16-12-8-4)36(32-58)28-42(48(41)50)40-26-34(30-56)44(52(59)62)49(43)47(39)40/h25-28,37-38H,5-24H2,1-4H3. The second-order valence-electron chi connectivity index (χ2n) is 18.0. The van der Waals surface area contributed by atoms with E-state index in [1.165, 1.54) is 9.80 Å². The van der Waals surface area contributed by atoms with Crippen LogP contribution in [0, 0.1) is 45.3 Å². The molecule has 0 radical (unpaired) electrons. The van der Waals surface area contributed by atoms with Gasteiger partial charge in [0.25, 0.3) is 23.6 Å². The number of hydrogen-bond donors (Lipinski definition) is 0. The Balaban J connectivity index is 1.49. The number of amides is 4. The molecule has 2 heterocycles. The molecule has 10 heteroatoms. The number of carbonyl (C=O) groups excluding carboxylic acids is 4. The third kappa shape index (κ3) is 7.83. The zero-order valence-corrected chi connectivity index (χ0v) is 37.9. The van der Waals surface area contributed by atoms with Crippen LogP contribution in [-0.4, -0.2) is 45.5 Å². The number of nitrogens with zero attached hydrogens (tertiary/aromatic N) is 6. The molecule has 0 fully saturated rings. The lowest BCUT2D eigenvalue weighted by molar-refractivity contribution is 0.0501. The largest absolute Gasteiger partial charge is 0.271 e. The van der Waals surface area contributed by atoms with Gasteiger partial charge in [0.2, 0.25) is 0 Å². The summed E-state index contributed by atoms with van der Waals surface area (Å²) in [5.74, 6) is -2.28. The summed E-state index contributed by atoms with van der Waals surface area (Å²) >= 11 is 0. The maximum absolute atomic E-state index is 15.0. The summed E-state index contributed by atoms with van der Waals surface area (Å²) < 4.78 is 0. The predicted molar refractivity (Wildman–Crippen MR) is 250 cm³/mol. The van der Waals surface area contributed by atoms with E-state index in [9.17, 15) is 40.2 Å². The van der Waals surface area contributed by atoms with Crippen LogP contribution in [0.3, 0.4) is 0 Å². The van der Waals surface area contributed by atoms with Gasteiger partial charge in [0.15, 0.2) is 0 Å². The molecule has 4 amide bonds. The molecule has 7 rings (SSSR count). The molecule has 2 aliphatic rings. The number of carbonyl (C=O) groups is 4. The predicted octanol–water partition coefficient (Wildman–Crippen LogP) is 13.0. The van der Waals surface area contributed by atoms with Crippen molar-refractivity contribution in [1.82, 2.24) is 9.80 Å². The van der Waals surface area contributed by atoms with Gasteiger partial charge in [-0.2, -0.15) is 21.0 Å². The van der Waals surface area contributed by atoms with Crippen LogP contribution in [0.15, 0.2) is 24.3 Å². The molecule has 5 aromatic rings. The van der Waals surface area contributed by atoms with E-state index in [4.69, 9.17) is 0 Å². The first-order chi connectivity index (χ1) is 31.2. The van der Waals surface area contributed by atoms with Gasteiger partial charge in [-0.1, -0.05) is 130 Å². The van der Waals surface area contributed by atoms with Gasteiger partial charge < -0.3 is 0 Å². The van der Waals surface area contributed by atoms with E-state index in [1.807, 2.05) is 0 Å².